The molecule has 0 aliphatic rings. The highest BCUT2D eigenvalue weighted by molar-refractivity contribution is 6.35. The van der Waals surface area contributed by atoms with Gasteiger partial charge in [-0.3, -0.25) is 0 Å². The molecule has 3 rings (SSSR count). The molecule has 0 saturated carbocycles. The predicted molar refractivity (Wildman–Crippen MR) is 98.8 cm³/mol. The van der Waals surface area contributed by atoms with Crippen molar-refractivity contribution in [3.63, 3.8) is 0 Å². The monoisotopic (exact) mass is 359 g/mol. The molecule has 0 aliphatic heterocycles. The average Bonchev–Trinajstić information content (AvgIpc) is 2.50. The highest BCUT2D eigenvalue weighted by Gasteiger charge is 2.04. The third-order valence-electron chi connectivity index (χ3n) is 3.46. The molecule has 1 aromatic heterocycles. The first-order valence-corrected chi connectivity index (χ1v) is 8.02. The summed E-state index contributed by atoms with van der Waals surface area (Å²) in [6.07, 6.45) is 1.56. The van der Waals surface area contributed by atoms with Crippen molar-refractivity contribution < 1.29 is 0 Å². The Morgan fingerprint density at radius 2 is 1.58 bits per heavy atom. The maximum atomic E-state index is 5.99. The van der Waals surface area contributed by atoms with Crippen LogP contribution in [0.15, 0.2) is 42.6 Å². The molecular weight excluding hydrogens is 345 g/mol. The number of anilines is 4. The van der Waals surface area contributed by atoms with Gasteiger partial charge in [0.2, 0.25) is 5.95 Å². The van der Waals surface area contributed by atoms with E-state index < -0.39 is 0 Å². The molecule has 1 heterocycles. The fourth-order valence-corrected chi connectivity index (χ4v) is 2.66. The van der Waals surface area contributed by atoms with Crippen molar-refractivity contribution in [2.45, 2.75) is 13.8 Å². The molecule has 3 aromatic rings. The summed E-state index contributed by atoms with van der Waals surface area (Å²) in [4.78, 5) is 4.39. The van der Waals surface area contributed by atoms with Gasteiger partial charge in [0.25, 0.3) is 0 Å². The second kappa shape index (κ2) is 7.03. The average molecular weight is 360 g/mol. The van der Waals surface area contributed by atoms with Gasteiger partial charge in [-0.2, -0.15) is 10.1 Å². The predicted octanol–water partition coefficient (Wildman–Crippen LogP) is 5.28. The van der Waals surface area contributed by atoms with Gasteiger partial charge in [0, 0.05) is 21.4 Å². The largest absolute Gasteiger partial charge is 0.339 e. The zero-order valence-electron chi connectivity index (χ0n) is 13.1. The summed E-state index contributed by atoms with van der Waals surface area (Å²) >= 11 is 12.0. The van der Waals surface area contributed by atoms with Crippen molar-refractivity contribution in [2.75, 3.05) is 10.6 Å². The minimum atomic E-state index is 0.349. The maximum Gasteiger partial charge on any atom is 0.249 e. The Morgan fingerprint density at radius 3 is 2.29 bits per heavy atom. The van der Waals surface area contributed by atoms with E-state index in [1.54, 1.807) is 24.4 Å². The van der Waals surface area contributed by atoms with Crippen LogP contribution in [0.4, 0.5) is 23.1 Å². The molecule has 2 N–H and O–H groups in total. The van der Waals surface area contributed by atoms with Crippen molar-refractivity contribution in [3.8, 4) is 0 Å². The number of nitrogens with one attached hydrogen (secondary N) is 2. The summed E-state index contributed by atoms with van der Waals surface area (Å²) in [5, 5.41) is 15.2. The number of hydrogen-bond acceptors (Lipinski definition) is 5. The van der Waals surface area contributed by atoms with Crippen LogP contribution in [0.5, 0.6) is 0 Å². The number of aromatic nitrogens is 3. The van der Waals surface area contributed by atoms with Crippen LogP contribution in [0.2, 0.25) is 10.0 Å². The summed E-state index contributed by atoms with van der Waals surface area (Å²) in [6, 6.07) is 11.2. The first-order chi connectivity index (χ1) is 11.5. The lowest BCUT2D eigenvalue weighted by Gasteiger charge is -2.09. The Morgan fingerprint density at radius 1 is 0.833 bits per heavy atom. The third kappa shape index (κ3) is 4.13. The van der Waals surface area contributed by atoms with Gasteiger partial charge in [0.15, 0.2) is 5.82 Å². The van der Waals surface area contributed by atoms with Gasteiger partial charge in [0.05, 0.1) is 6.20 Å². The Bertz CT molecular complexity index is 862. The van der Waals surface area contributed by atoms with E-state index in [9.17, 15) is 0 Å². The zero-order chi connectivity index (χ0) is 17.1. The van der Waals surface area contributed by atoms with Crippen LogP contribution in [0.3, 0.4) is 0 Å². The van der Waals surface area contributed by atoms with Crippen molar-refractivity contribution in [3.05, 3.63) is 63.8 Å². The maximum absolute atomic E-state index is 5.99. The van der Waals surface area contributed by atoms with Crippen LogP contribution in [-0.2, 0) is 0 Å². The number of hydrogen-bond donors (Lipinski definition) is 2. The molecule has 0 atom stereocenters. The van der Waals surface area contributed by atoms with E-state index in [4.69, 9.17) is 23.2 Å². The molecule has 0 spiro atoms. The summed E-state index contributed by atoms with van der Waals surface area (Å²) in [7, 11) is 0. The molecule has 0 unspecified atom stereocenters. The second-order valence-corrected chi connectivity index (χ2v) is 6.25. The normalized spacial score (nSPS) is 10.5. The molecule has 0 amide bonds. The lowest BCUT2D eigenvalue weighted by atomic mass is 10.1. The Hall–Kier alpha value is -2.37. The van der Waals surface area contributed by atoms with Gasteiger partial charge in [0.1, 0.15) is 0 Å². The lowest BCUT2D eigenvalue weighted by molar-refractivity contribution is 0.982. The summed E-state index contributed by atoms with van der Waals surface area (Å²) in [5.74, 6) is 0.936. The molecular formula is C17H15Cl2N5. The SMILES string of the molecule is Cc1ccc(Nc2cnnc(Nc3cc(Cl)cc(Cl)c3)n2)cc1C. The first kappa shape index (κ1) is 16.5. The van der Waals surface area contributed by atoms with Crippen molar-refractivity contribution in [1.29, 1.82) is 0 Å². The van der Waals surface area contributed by atoms with Gasteiger partial charge in [-0.05, 0) is 55.3 Å². The van der Waals surface area contributed by atoms with Crippen molar-refractivity contribution in [2.24, 2.45) is 0 Å². The second-order valence-electron chi connectivity index (χ2n) is 5.37. The van der Waals surface area contributed by atoms with E-state index in [1.807, 2.05) is 6.07 Å². The number of rotatable bonds is 4. The van der Waals surface area contributed by atoms with Crippen molar-refractivity contribution >= 4 is 46.3 Å². The summed E-state index contributed by atoms with van der Waals surface area (Å²) in [5.41, 5.74) is 4.07. The van der Waals surface area contributed by atoms with Crippen LogP contribution in [0, 0.1) is 13.8 Å². The molecule has 0 aliphatic carbocycles. The fourth-order valence-electron chi connectivity index (χ4n) is 2.14. The van der Waals surface area contributed by atoms with Gasteiger partial charge in [-0.25, -0.2) is 0 Å². The molecule has 24 heavy (non-hydrogen) atoms. The van der Waals surface area contributed by atoms with E-state index in [2.05, 4.69) is 51.8 Å². The topological polar surface area (TPSA) is 62.7 Å². The van der Waals surface area contributed by atoms with Crippen LogP contribution in [0.25, 0.3) is 0 Å². The standard InChI is InChI=1S/C17H15Cl2N5/c1-10-3-4-14(5-11(10)2)21-16-9-20-24-17(23-16)22-15-7-12(18)6-13(19)8-15/h3-9H,1-2H3,(H2,21,22,23,24). The van der Waals surface area contributed by atoms with E-state index in [-0.39, 0.29) is 0 Å². The third-order valence-corrected chi connectivity index (χ3v) is 3.89. The van der Waals surface area contributed by atoms with Gasteiger partial charge >= 0.3 is 0 Å². The molecule has 0 saturated heterocycles. The van der Waals surface area contributed by atoms with Crippen molar-refractivity contribution in [1.82, 2.24) is 15.2 Å². The number of nitrogens with zero attached hydrogens (tertiary/aromatic N) is 3. The van der Waals surface area contributed by atoms with Crippen LogP contribution in [0.1, 0.15) is 11.1 Å². The quantitative estimate of drug-likeness (QED) is 0.663. The minimum absolute atomic E-state index is 0.349. The summed E-state index contributed by atoms with van der Waals surface area (Å²) < 4.78 is 0. The molecule has 0 fully saturated rings. The van der Waals surface area contributed by atoms with E-state index in [0.717, 1.165) is 5.69 Å². The molecule has 2 aromatic carbocycles. The molecule has 122 valence electrons. The molecule has 0 radical (unpaired) electrons. The highest BCUT2D eigenvalue weighted by Crippen LogP contribution is 2.24. The Kier molecular flexibility index (Phi) is 4.83. The summed E-state index contributed by atoms with van der Waals surface area (Å²) in [6.45, 7) is 4.14. The fraction of sp³-hybridized carbons (Fsp3) is 0.118. The molecule has 0 bridgehead atoms. The number of benzene rings is 2. The van der Waals surface area contributed by atoms with E-state index >= 15 is 0 Å². The van der Waals surface area contributed by atoms with E-state index in [1.165, 1.54) is 11.1 Å². The zero-order valence-corrected chi connectivity index (χ0v) is 14.7. The highest BCUT2D eigenvalue weighted by atomic mass is 35.5. The smallest absolute Gasteiger partial charge is 0.249 e. The molecule has 5 nitrogen and oxygen atoms in total. The molecule has 7 heteroatoms. The van der Waals surface area contributed by atoms with E-state index in [0.29, 0.717) is 27.5 Å². The number of aryl methyl sites for hydroxylation is 2. The Balaban J connectivity index is 1.79. The van der Waals surface area contributed by atoms with Crippen LogP contribution in [-0.4, -0.2) is 15.2 Å². The minimum Gasteiger partial charge on any atom is -0.339 e. The van der Waals surface area contributed by atoms with Crippen LogP contribution < -0.4 is 10.6 Å². The lowest BCUT2D eigenvalue weighted by Crippen LogP contribution is -2.02. The van der Waals surface area contributed by atoms with Gasteiger partial charge in [-0.15, -0.1) is 5.10 Å². The van der Waals surface area contributed by atoms with Gasteiger partial charge in [-0.1, -0.05) is 29.3 Å². The Labute approximate surface area is 150 Å². The first-order valence-electron chi connectivity index (χ1n) is 7.27. The van der Waals surface area contributed by atoms with Crippen LogP contribution >= 0.6 is 23.2 Å². The number of halogens is 2. The van der Waals surface area contributed by atoms with Gasteiger partial charge < -0.3 is 10.6 Å².